The highest BCUT2D eigenvalue weighted by molar-refractivity contribution is 5.58. The highest BCUT2D eigenvalue weighted by Gasteiger charge is 2.28. The standard InChI is InChI=1S/C18H21N7O2/c1-9(10-2-3-10)20-14-7-15(21-12-4-5-12)25-16(23-14)11(8-19-25)6-13-17(26)24-18(27)22-13/h6-10,12,20,26H,2-5H2,1H3,(H2,22,24,27)/t9-/m0/s1. The van der Waals surface area contributed by atoms with Gasteiger partial charge in [-0.15, -0.1) is 0 Å². The third-order valence-electron chi connectivity index (χ3n) is 5.08. The number of anilines is 1. The van der Waals surface area contributed by atoms with Crippen LogP contribution in [0.25, 0.3) is 11.7 Å². The average Bonchev–Trinajstić information content (AvgIpc) is 3.53. The lowest BCUT2D eigenvalue weighted by Gasteiger charge is -2.13. The number of aromatic hydroxyl groups is 1. The van der Waals surface area contributed by atoms with Gasteiger partial charge in [-0.3, -0.25) is 9.98 Å². The predicted octanol–water partition coefficient (Wildman–Crippen LogP) is 0.272. The number of rotatable bonds is 5. The third kappa shape index (κ3) is 3.20. The molecule has 4 N–H and O–H groups in total. The van der Waals surface area contributed by atoms with Crippen LogP contribution in [0.3, 0.4) is 0 Å². The van der Waals surface area contributed by atoms with Gasteiger partial charge in [-0.1, -0.05) is 0 Å². The summed E-state index contributed by atoms with van der Waals surface area (Å²) in [5.41, 5.74) is 1.22. The van der Waals surface area contributed by atoms with Crippen molar-refractivity contribution < 1.29 is 5.11 Å². The maximum absolute atomic E-state index is 11.4. The van der Waals surface area contributed by atoms with Crippen LogP contribution in [0.4, 0.5) is 5.82 Å². The van der Waals surface area contributed by atoms with Crippen molar-refractivity contribution in [1.29, 1.82) is 0 Å². The molecule has 0 unspecified atom stereocenters. The van der Waals surface area contributed by atoms with Gasteiger partial charge in [-0.25, -0.2) is 9.78 Å². The zero-order valence-electron chi connectivity index (χ0n) is 14.9. The molecular weight excluding hydrogens is 346 g/mol. The monoisotopic (exact) mass is 367 g/mol. The quantitative estimate of drug-likeness (QED) is 0.515. The van der Waals surface area contributed by atoms with E-state index in [9.17, 15) is 9.90 Å². The Morgan fingerprint density at radius 3 is 2.85 bits per heavy atom. The smallest absolute Gasteiger partial charge is 0.326 e. The van der Waals surface area contributed by atoms with Crippen molar-refractivity contribution in [1.82, 2.24) is 24.6 Å². The van der Waals surface area contributed by atoms with Crippen LogP contribution in [-0.4, -0.2) is 41.8 Å². The van der Waals surface area contributed by atoms with Crippen LogP contribution < -0.4 is 21.7 Å². The molecule has 9 nitrogen and oxygen atoms in total. The van der Waals surface area contributed by atoms with Crippen LogP contribution in [0, 0.1) is 5.92 Å². The van der Waals surface area contributed by atoms with Gasteiger partial charge < -0.3 is 15.4 Å². The lowest BCUT2D eigenvalue weighted by Crippen LogP contribution is -2.24. The summed E-state index contributed by atoms with van der Waals surface area (Å²) >= 11 is 0. The molecule has 3 aromatic rings. The average molecular weight is 367 g/mol. The second-order valence-corrected chi connectivity index (χ2v) is 7.45. The lowest BCUT2D eigenvalue weighted by atomic mass is 10.2. The van der Waals surface area contributed by atoms with Crippen LogP contribution in [0.1, 0.15) is 38.3 Å². The van der Waals surface area contributed by atoms with Crippen molar-refractivity contribution in [2.45, 2.75) is 44.7 Å². The zero-order chi connectivity index (χ0) is 18.5. The first-order valence-electron chi connectivity index (χ1n) is 9.29. The van der Waals surface area contributed by atoms with Crippen LogP contribution >= 0.6 is 0 Å². The van der Waals surface area contributed by atoms with Crippen molar-refractivity contribution in [3.63, 3.8) is 0 Å². The molecule has 2 saturated carbocycles. The molecule has 9 heteroatoms. The number of hydrogen-bond acceptors (Lipinski definition) is 6. The Hall–Kier alpha value is -3.10. The van der Waals surface area contributed by atoms with Gasteiger partial charge in [-0.05, 0) is 44.6 Å². The van der Waals surface area contributed by atoms with Crippen LogP contribution in [0.15, 0.2) is 22.1 Å². The maximum atomic E-state index is 11.4. The number of nitrogens with zero attached hydrogens (tertiary/aromatic N) is 4. The molecule has 5 rings (SSSR count). The van der Waals surface area contributed by atoms with E-state index in [1.165, 1.54) is 12.8 Å². The topological polar surface area (TPSA) is 123 Å². The van der Waals surface area contributed by atoms with Crippen LogP contribution in [0.2, 0.25) is 0 Å². The molecule has 3 heterocycles. The van der Waals surface area contributed by atoms with Crippen molar-refractivity contribution in [3.8, 4) is 5.88 Å². The minimum atomic E-state index is -0.465. The fourth-order valence-electron chi connectivity index (χ4n) is 3.22. The van der Waals surface area contributed by atoms with Crippen molar-refractivity contribution in [2.24, 2.45) is 10.9 Å². The van der Waals surface area contributed by atoms with Gasteiger partial charge in [0, 0.05) is 17.3 Å². The van der Waals surface area contributed by atoms with E-state index in [4.69, 9.17) is 9.98 Å². The Labute approximate surface area is 153 Å². The SMILES string of the molecule is C[C@H](Nc1cc(=NC2CC2)n2ncc(=Cc3[nH]c(=O)[nH]c3O)c2n1)C1CC1. The fourth-order valence-corrected chi connectivity index (χ4v) is 3.22. The maximum Gasteiger partial charge on any atom is 0.326 e. The molecule has 0 saturated heterocycles. The Balaban J connectivity index is 1.66. The summed E-state index contributed by atoms with van der Waals surface area (Å²) in [4.78, 5) is 25.7. The summed E-state index contributed by atoms with van der Waals surface area (Å²) in [5, 5.41) is 18.4. The molecule has 0 aliphatic heterocycles. The van der Waals surface area contributed by atoms with Gasteiger partial charge in [-0.2, -0.15) is 9.61 Å². The molecule has 2 aliphatic rings. The Morgan fingerprint density at radius 2 is 2.19 bits per heavy atom. The summed E-state index contributed by atoms with van der Waals surface area (Å²) in [6.45, 7) is 2.17. The van der Waals surface area contributed by atoms with Crippen LogP contribution in [0.5, 0.6) is 5.88 Å². The van der Waals surface area contributed by atoms with Gasteiger partial charge >= 0.3 is 5.69 Å². The largest absolute Gasteiger partial charge is 0.493 e. The van der Waals surface area contributed by atoms with Gasteiger partial charge in [0.1, 0.15) is 11.5 Å². The molecule has 2 aliphatic carbocycles. The van der Waals surface area contributed by atoms with E-state index >= 15 is 0 Å². The summed E-state index contributed by atoms with van der Waals surface area (Å²) < 4.78 is 1.71. The molecule has 0 radical (unpaired) electrons. The molecular formula is C18H21N7O2. The van der Waals surface area contributed by atoms with Gasteiger partial charge in [0.05, 0.1) is 12.2 Å². The van der Waals surface area contributed by atoms with E-state index < -0.39 is 5.69 Å². The molecule has 27 heavy (non-hydrogen) atoms. The van der Waals surface area contributed by atoms with E-state index in [1.54, 1.807) is 16.8 Å². The second kappa shape index (κ2) is 5.97. The number of aromatic amines is 2. The summed E-state index contributed by atoms with van der Waals surface area (Å²) in [5.74, 6) is 1.26. The number of fused-ring (bicyclic) bond motifs is 1. The highest BCUT2D eigenvalue weighted by atomic mass is 16.3. The normalized spacial score (nSPS) is 19.7. The fraction of sp³-hybridized carbons (Fsp3) is 0.444. The van der Waals surface area contributed by atoms with E-state index in [2.05, 4.69) is 27.3 Å². The molecule has 0 aromatic carbocycles. The molecule has 0 bridgehead atoms. The minimum absolute atomic E-state index is 0.209. The first kappa shape index (κ1) is 16.1. The molecule has 1 atom stereocenters. The molecule has 140 valence electrons. The number of imidazole rings is 1. The number of nitrogens with one attached hydrogen (secondary N) is 3. The summed E-state index contributed by atoms with van der Waals surface area (Å²) in [7, 11) is 0. The molecule has 0 amide bonds. The van der Waals surface area contributed by atoms with Crippen molar-refractivity contribution in [2.75, 3.05) is 5.32 Å². The number of H-pyrrole nitrogens is 2. The summed E-state index contributed by atoms with van der Waals surface area (Å²) in [6.07, 6.45) is 8.02. The van der Waals surface area contributed by atoms with Crippen molar-refractivity contribution in [3.05, 3.63) is 39.1 Å². The summed E-state index contributed by atoms with van der Waals surface area (Å²) in [6, 6.07) is 2.65. The van der Waals surface area contributed by atoms with Gasteiger partial charge in [0.2, 0.25) is 5.88 Å². The Morgan fingerprint density at radius 1 is 1.37 bits per heavy atom. The number of hydrogen-bond donors (Lipinski definition) is 4. The molecule has 0 spiro atoms. The first-order chi connectivity index (χ1) is 13.1. The highest BCUT2D eigenvalue weighted by Crippen LogP contribution is 2.33. The predicted molar refractivity (Wildman–Crippen MR) is 99.2 cm³/mol. The third-order valence-corrected chi connectivity index (χ3v) is 5.08. The van der Waals surface area contributed by atoms with Crippen LogP contribution in [-0.2, 0) is 0 Å². The van der Waals surface area contributed by atoms with E-state index in [0.717, 1.165) is 24.1 Å². The van der Waals surface area contributed by atoms with E-state index in [1.807, 2.05) is 6.07 Å². The first-order valence-corrected chi connectivity index (χ1v) is 9.29. The van der Waals surface area contributed by atoms with Crippen molar-refractivity contribution >= 4 is 17.5 Å². The van der Waals surface area contributed by atoms with E-state index in [-0.39, 0.29) is 5.88 Å². The molecule has 2 fully saturated rings. The van der Waals surface area contributed by atoms with Gasteiger partial charge in [0.15, 0.2) is 11.1 Å². The zero-order valence-corrected chi connectivity index (χ0v) is 14.9. The molecule has 3 aromatic heterocycles. The van der Waals surface area contributed by atoms with Gasteiger partial charge in [0.25, 0.3) is 0 Å². The number of aromatic nitrogens is 5. The Kier molecular flexibility index (Phi) is 3.56. The second-order valence-electron chi connectivity index (χ2n) is 7.45. The lowest BCUT2D eigenvalue weighted by molar-refractivity contribution is 0.454. The minimum Gasteiger partial charge on any atom is -0.493 e. The van der Waals surface area contributed by atoms with E-state index in [0.29, 0.717) is 34.6 Å². The Bertz CT molecular complexity index is 1180.